The van der Waals surface area contributed by atoms with Gasteiger partial charge >= 0.3 is 0 Å². The molecule has 0 radical (unpaired) electrons. The highest BCUT2D eigenvalue weighted by Crippen LogP contribution is 2.04. The first-order chi connectivity index (χ1) is 8.26. The second-order valence-electron chi connectivity index (χ2n) is 4.71. The van der Waals surface area contributed by atoms with Crippen LogP contribution in [-0.4, -0.2) is 68.6 Å². The number of ether oxygens (including phenoxy) is 1. The molecule has 0 aromatic rings. The van der Waals surface area contributed by atoms with E-state index in [1.54, 1.807) is 7.11 Å². The Morgan fingerprint density at radius 3 is 2.35 bits per heavy atom. The molecule has 0 saturated carbocycles. The van der Waals surface area contributed by atoms with Crippen molar-refractivity contribution in [3.63, 3.8) is 0 Å². The molecule has 1 aliphatic heterocycles. The number of carbonyl (C=O) groups is 1. The van der Waals surface area contributed by atoms with Crippen LogP contribution in [0.5, 0.6) is 0 Å². The maximum atomic E-state index is 11.3. The lowest BCUT2D eigenvalue weighted by atomic mass is 10.2. The van der Waals surface area contributed by atoms with Gasteiger partial charge in [-0.2, -0.15) is 0 Å². The first-order valence-electron chi connectivity index (χ1n) is 6.71. The van der Waals surface area contributed by atoms with E-state index in [-0.39, 0.29) is 0 Å². The molecule has 0 bridgehead atoms. The monoisotopic (exact) mass is 242 g/mol. The zero-order valence-electron chi connectivity index (χ0n) is 11.3. The quantitative estimate of drug-likeness (QED) is 0.595. The number of methoxy groups -OCH3 is 1. The van der Waals surface area contributed by atoms with Gasteiger partial charge in [0, 0.05) is 46.3 Å². The highest BCUT2D eigenvalue weighted by atomic mass is 16.5. The summed E-state index contributed by atoms with van der Waals surface area (Å²) in [6.45, 7) is 8.90. The summed E-state index contributed by atoms with van der Waals surface area (Å²) < 4.78 is 5.04. The average Bonchev–Trinajstić information content (AvgIpc) is 2.36. The Balaban J connectivity index is 2.07. The van der Waals surface area contributed by atoms with Gasteiger partial charge in [-0.3, -0.25) is 9.69 Å². The molecule has 1 fully saturated rings. The SMILES string of the molecule is CCC(=O)CN1CCN(CCCCOC)CC1. The smallest absolute Gasteiger partial charge is 0.146 e. The maximum absolute atomic E-state index is 11.3. The summed E-state index contributed by atoms with van der Waals surface area (Å²) in [5.41, 5.74) is 0. The van der Waals surface area contributed by atoms with Gasteiger partial charge in [0.25, 0.3) is 0 Å². The molecule has 1 aliphatic rings. The predicted octanol–water partition coefficient (Wildman–Crippen LogP) is 1.01. The first kappa shape index (κ1) is 14.6. The van der Waals surface area contributed by atoms with E-state index in [4.69, 9.17) is 4.74 Å². The molecule has 1 heterocycles. The van der Waals surface area contributed by atoms with Crippen molar-refractivity contribution in [2.75, 3.05) is 53.0 Å². The lowest BCUT2D eigenvalue weighted by Gasteiger charge is -2.34. The zero-order valence-corrected chi connectivity index (χ0v) is 11.3. The Hall–Kier alpha value is -0.450. The number of nitrogens with zero attached hydrogens (tertiary/aromatic N) is 2. The van der Waals surface area contributed by atoms with Crippen molar-refractivity contribution in [2.24, 2.45) is 0 Å². The molecule has 0 aliphatic carbocycles. The number of piperazine rings is 1. The molecule has 0 amide bonds. The summed E-state index contributed by atoms with van der Waals surface area (Å²) in [5.74, 6) is 0.360. The third-order valence-electron chi connectivity index (χ3n) is 3.33. The third-order valence-corrected chi connectivity index (χ3v) is 3.33. The van der Waals surface area contributed by atoms with Crippen LogP contribution >= 0.6 is 0 Å². The Kier molecular flexibility index (Phi) is 7.40. The lowest BCUT2D eigenvalue weighted by molar-refractivity contribution is -0.120. The van der Waals surface area contributed by atoms with Crippen LogP contribution in [0.4, 0.5) is 0 Å². The number of unbranched alkanes of at least 4 members (excludes halogenated alkanes) is 1. The number of Topliss-reactive ketones (excluding diaryl/α,β-unsaturated/α-hetero) is 1. The largest absolute Gasteiger partial charge is 0.385 e. The van der Waals surface area contributed by atoms with E-state index in [9.17, 15) is 4.79 Å². The minimum Gasteiger partial charge on any atom is -0.385 e. The molecular weight excluding hydrogens is 216 g/mol. The van der Waals surface area contributed by atoms with Crippen molar-refractivity contribution < 1.29 is 9.53 Å². The van der Waals surface area contributed by atoms with E-state index in [2.05, 4.69) is 9.80 Å². The molecule has 100 valence electrons. The van der Waals surface area contributed by atoms with E-state index in [1.165, 1.54) is 13.0 Å². The van der Waals surface area contributed by atoms with Gasteiger partial charge in [-0.05, 0) is 19.4 Å². The van der Waals surface area contributed by atoms with Crippen LogP contribution < -0.4 is 0 Å². The normalized spacial score (nSPS) is 18.5. The fraction of sp³-hybridized carbons (Fsp3) is 0.923. The van der Waals surface area contributed by atoms with Gasteiger partial charge in [-0.25, -0.2) is 0 Å². The summed E-state index contributed by atoms with van der Waals surface area (Å²) in [5, 5.41) is 0. The highest BCUT2D eigenvalue weighted by molar-refractivity contribution is 5.80. The van der Waals surface area contributed by atoms with Crippen LogP contribution in [0, 0.1) is 0 Å². The van der Waals surface area contributed by atoms with Gasteiger partial charge < -0.3 is 9.64 Å². The molecule has 1 rings (SSSR count). The van der Waals surface area contributed by atoms with Crippen molar-refractivity contribution in [1.29, 1.82) is 0 Å². The predicted molar refractivity (Wildman–Crippen MR) is 69.3 cm³/mol. The lowest BCUT2D eigenvalue weighted by Crippen LogP contribution is -2.48. The van der Waals surface area contributed by atoms with Crippen LogP contribution in [0.2, 0.25) is 0 Å². The van der Waals surface area contributed by atoms with Gasteiger partial charge in [0.15, 0.2) is 0 Å². The Morgan fingerprint density at radius 1 is 1.12 bits per heavy atom. The Bertz CT molecular complexity index is 213. The molecular formula is C13H26N2O2. The topological polar surface area (TPSA) is 32.8 Å². The number of rotatable bonds is 8. The molecule has 4 heteroatoms. The van der Waals surface area contributed by atoms with Gasteiger partial charge in [0.1, 0.15) is 5.78 Å². The van der Waals surface area contributed by atoms with E-state index in [0.717, 1.165) is 39.2 Å². The second kappa shape index (κ2) is 8.61. The third kappa shape index (κ3) is 6.15. The van der Waals surface area contributed by atoms with Crippen LogP contribution in [0.25, 0.3) is 0 Å². The minimum atomic E-state index is 0.360. The molecule has 0 unspecified atom stereocenters. The van der Waals surface area contributed by atoms with E-state index in [1.807, 2.05) is 6.92 Å². The highest BCUT2D eigenvalue weighted by Gasteiger charge is 2.17. The molecule has 1 saturated heterocycles. The Morgan fingerprint density at radius 2 is 1.76 bits per heavy atom. The van der Waals surface area contributed by atoms with Crippen LogP contribution in [-0.2, 0) is 9.53 Å². The molecule has 0 aromatic heterocycles. The van der Waals surface area contributed by atoms with Crippen molar-refractivity contribution in [2.45, 2.75) is 26.2 Å². The second-order valence-corrected chi connectivity index (χ2v) is 4.71. The van der Waals surface area contributed by atoms with Crippen LogP contribution in [0.15, 0.2) is 0 Å². The summed E-state index contributed by atoms with van der Waals surface area (Å²) in [6.07, 6.45) is 3.02. The van der Waals surface area contributed by atoms with Crippen LogP contribution in [0.3, 0.4) is 0 Å². The molecule has 0 atom stereocenters. The molecule has 17 heavy (non-hydrogen) atoms. The number of hydrogen-bond acceptors (Lipinski definition) is 4. The number of hydrogen-bond donors (Lipinski definition) is 0. The summed E-state index contributed by atoms with van der Waals surface area (Å²) in [6, 6.07) is 0. The van der Waals surface area contributed by atoms with Crippen molar-refractivity contribution >= 4 is 5.78 Å². The van der Waals surface area contributed by atoms with E-state index in [0.29, 0.717) is 18.7 Å². The maximum Gasteiger partial charge on any atom is 0.146 e. The first-order valence-corrected chi connectivity index (χ1v) is 6.71. The average molecular weight is 242 g/mol. The molecule has 4 nitrogen and oxygen atoms in total. The van der Waals surface area contributed by atoms with E-state index < -0.39 is 0 Å². The molecule has 0 N–H and O–H groups in total. The number of carbonyl (C=O) groups excluding carboxylic acids is 1. The van der Waals surface area contributed by atoms with Crippen molar-refractivity contribution in [3.05, 3.63) is 0 Å². The standard InChI is InChI=1S/C13H26N2O2/c1-3-13(16)12-15-9-7-14(8-10-15)6-4-5-11-17-2/h3-12H2,1-2H3. The Labute approximate surface area is 105 Å². The van der Waals surface area contributed by atoms with Gasteiger partial charge in [0.05, 0.1) is 6.54 Å². The van der Waals surface area contributed by atoms with Gasteiger partial charge in [-0.15, -0.1) is 0 Å². The fourth-order valence-corrected chi connectivity index (χ4v) is 2.11. The number of ketones is 1. The fourth-order valence-electron chi connectivity index (χ4n) is 2.11. The zero-order chi connectivity index (χ0) is 12.5. The summed E-state index contributed by atoms with van der Waals surface area (Å²) in [7, 11) is 1.75. The molecule has 0 aromatic carbocycles. The summed E-state index contributed by atoms with van der Waals surface area (Å²) in [4.78, 5) is 16.1. The summed E-state index contributed by atoms with van der Waals surface area (Å²) >= 11 is 0. The van der Waals surface area contributed by atoms with E-state index >= 15 is 0 Å². The molecule has 0 spiro atoms. The van der Waals surface area contributed by atoms with Crippen molar-refractivity contribution in [3.8, 4) is 0 Å². The minimum absolute atomic E-state index is 0.360. The van der Waals surface area contributed by atoms with Crippen molar-refractivity contribution in [1.82, 2.24) is 9.80 Å². The van der Waals surface area contributed by atoms with Crippen LogP contribution in [0.1, 0.15) is 26.2 Å². The van der Waals surface area contributed by atoms with Gasteiger partial charge in [-0.1, -0.05) is 6.92 Å². The van der Waals surface area contributed by atoms with Gasteiger partial charge in [0.2, 0.25) is 0 Å².